The van der Waals surface area contributed by atoms with E-state index >= 15 is 0 Å². The summed E-state index contributed by atoms with van der Waals surface area (Å²) in [5.41, 5.74) is 3.03. The zero-order valence-corrected chi connectivity index (χ0v) is 12.6. The van der Waals surface area contributed by atoms with E-state index in [-0.39, 0.29) is 0 Å². The quantitative estimate of drug-likeness (QED) is 0.755. The molecule has 21 heavy (non-hydrogen) atoms. The first-order valence-corrected chi connectivity index (χ1v) is 7.22. The van der Waals surface area contributed by atoms with E-state index in [4.69, 9.17) is 0 Å². The van der Waals surface area contributed by atoms with Gasteiger partial charge in [0.15, 0.2) is 5.65 Å². The highest BCUT2D eigenvalue weighted by Gasteiger charge is 2.09. The van der Waals surface area contributed by atoms with Crippen molar-refractivity contribution < 1.29 is 0 Å². The fourth-order valence-corrected chi connectivity index (χ4v) is 2.26. The smallest absolute Gasteiger partial charge is 0.157 e. The van der Waals surface area contributed by atoms with Crippen molar-refractivity contribution in [3.63, 3.8) is 0 Å². The molecule has 0 fully saturated rings. The summed E-state index contributed by atoms with van der Waals surface area (Å²) in [5, 5.41) is 7.74. The lowest BCUT2D eigenvalue weighted by atomic mass is 10.1. The minimum Gasteiger partial charge on any atom is -0.369 e. The zero-order chi connectivity index (χ0) is 14.8. The Morgan fingerprint density at radius 2 is 2.24 bits per heavy atom. The fraction of sp³-hybridized carbons (Fsp3) is 0.400. The van der Waals surface area contributed by atoms with Gasteiger partial charge in [0.2, 0.25) is 0 Å². The highest BCUT2D eigenvalue weighted by atomic mass is 15.3. The summed E-state index contributed by atoms with van der Waals surface area (Å²) in [4.78, 5) is 12.2. The Bertz CT molecular complexity index is 740. The largest absolute Gasteiger partial charge is 0.369 e. The van der Waals surface area contributed by atoms with Gasteiger partial charge in [-0.25, -0.2) is 9.97 Å². The summed E-state index contributed by atoms with van der Waals surface area (Å²) >= 11 is 0. The van der Waals surface area contributed by atoms with E-state index in [0.29, 0.717) is 5.92 Å². The fourth-order valence-electron chi connectivity index (χ4n) is 2.26. The molecule has 3 heterocycles. The third-order valence-electron chi connectivity index (χ3n) is 3.39. The lowest BCUT2D eigenvalue weighted by Crippen LogP contribution is -2.11. The molecule has 0 saturated carbocycles. The van der Waals surface area contributed by atoms with E-state index < -0.39 is 0 Å². The van der Waals surface area contributed by atoms with Gasteiger partial charge in [0, 0.05) is 42.7 Å². The highest BCUT2D eigenvalue weighted by molar-refractivity contribution is 5.49. The number of rotatable bonds is 5. The number of aryl methyl sites for hydroxylation is 1. The van der Waals surface area contributed by atoms with E-state index in [9.17, 15) is 0 Å². The summed E-state index contributed by atoms with van der Waals surface area (Å²) in [6, 6.07) is 3.99. The molecular formula is C15H20N6. The third kappa shape index (κ3) is 2.89. The van der Waals surface area contributed by atoms with Crippen molar-refractivity contribution >= 4 is 11.5 Å². The number of nitrogens with one attached hydrogen (secondary N) is 2. The third-order valence-corrected chi connectivity index (χ3v) is 3.39. The molecule has 0 bridgehead atoms. The van der Waals surface area contributed by atoms with E-state index in [1.165, 1.54) is 0 Å². The van der Waals surface area contributed by atoms with Crippen molar-refractivity contribution in [3.05, 3.63) is 41.7 Å². The molecule has 0 atom stereocenters. The molecule has 3 aromatic heterocycles. The number of hydrogen-bond donors (Lipinski definition) is 2. The summed E-state index contributed by atoms with van der Waals surface area (Å²) < 4.78 is 1.83. The van der Waals surface area contributed by atoms with E-state index in [0.717, 1.165) is 41.6 Å². The van der Waals surface area contributed by atoms with Gasteiger partial charge >= 0.3 is 0 Å². The second kappa shape index (κ2) is 5.55. The van der Waals surface area contributed by atoms with E-state index in [1.54, 1.807) is 6.20 Å². The van der Waals surface area contributed by atoms with Crippen LogP contribution in [0.5, 0.6) is 0 Å². The highest BCUT2D eigenvalue weighted by Crippen LogP contribution is 2.18. The minimum atomic E-state index is 0.387. The van der Waals surface area contributed by atoms with Crippen LogP contribution in [-0.2, 0) is 6.42 Å². The molecule has 2 N–H and O–H groups in total. The van der Waals surface area contributed by atoms with Crippen LogP contribution in [0.4, 0.5) is 5.82 Å². The second-order valence-electron chi connectivity index (χ2n) is 5.51. The molecule has 0 saturated heterocycles. The van der Waals surface area contributed by atoms with Crippen molar-refractivity contribution in [1.82, 2.24) is 24.6 Å². The maximum Gasteiger partial charge on any atom is 0.157 e. The van der Waals surface area contributed by atoms with E-state index in [2.05, 4.69) is 45.3 Å². The number of fused-ring (bicyclic) bond motifs is 1. The van der Waals surface area contributed by atoms with Crippen LogP contribution in [0.1, 0.15) is 37.0 Å². The molecule has 0 spiro atoms. The Balaban J connectivity index is 1.77. The number of hydrogen-bond acceptors (Lipinski definition) is 4. The summed E-state index contributed by atoms with van der Waals surface area (Å²) in [7, 11) is 0. The molecule has 6 nitrogen and oxygen atoms in total. The normalized spacial score (nSPS) is 11.4. The number of nitrogens with zero attached hydrogens (tertiary/aromatic N) is 4. The number of aromatic amines is 1. The molecule has 0 aliphatic rings. The number of anilines is 1. The molecule has 110 valence electrons. The van der Waals surface area contributed by atoms with Crippen LogP contribution in [0.3, 0.4) is 0 Å². The molecule has 0 amide bonds. The van der Waals surface area contributed by atoms with Gasteiger partial charge in [0.25, 0.3) is 0 Å². The first-order chi connectivity index (χ1) is 10.1. The monoisotopic (exact) mass is 284 g/mol. The zero-order valence-electron chi connectivity index (χ0n) is 12.6. The van der Waals surface area contributed by atoms with Gasteiger partial charge in [0.1, 0.15) is 11.6 Å². The lowest BCUT2D eigenvalue weighted by Gasteiger charge is -2.11. The number of imidazole rings is 1. The van der Waals surface area contributed by atoms with Gasteiger partial charge in [-0.1, -0.05) is 13.8 Å². The first-order valence-electron chi connectivity index (χ1n) is 7.22. The second-order valence-corrected chi connectivity index (χ2v) is 5.51. The summed E-state index contributed by atoms with van der Waals surface area (Å²) in [6.45, 7) is 7.09. The van der Waals surface area contributed by atoms with Crippen LogP contribution < -0.4 is 5.32 Å². The first kappa shape index (κ1) is 13.6. The Morgan fingerprint density at radius 1 is 1.38 bits per heavy atom. The Kier molecular flexibility index (Phi) is 3.60. The van der Waals surface area contributed by atoms with Crippen molar-refractivity contribution in [3.8, 4) is 0 Å². The SMILES string of the molecule is Cc1cnc(CCNc2cc(C(C)C)nc3ccnn23)[nH]1. The van der Waals surface area contributed by atoms with Gasteiger partial charge < -0.3 is 10.3 Å². The Labute approximate surface area is 123 Å². The number of H-pyrrole nitrogens is 1. The van der Waals surface area contributed by atoms with Crippen molar-refractivity contribution in [2.75, 3.05) is 11.9 Å². The molecular weight excluding hydrogens is 264 g/mol. The molecule has 0 unspecified atom stereocenters. The molecule has 3 aromatic rings. The van der Waals surface area contributed by atoms with Gasteiger partial charge in [0.05, 0.1) is 6.20 Å². The van der Waals surface area contributed by atoms with Gasteiger partial charge in [-0.2, -0.15) is 9.61 Å². The maximum atomic E-state index is 4.61. The average molecular weight is 284 g/mol. The van der Waals surface area contributed by atoms with Gasteiger partial charge in [-0.05, 0) is 12.8 Å². The van der Waals surface area contributed by atoms with Crippen molar-refractivity contribution in [2.24, 2.45) is 0 Å². The topological polar surface area (TPSA) is 70.9 Å². The van der Waals surface area contributed by atoms with E-state index in [1.807, 2.05) is 23.7 Å². The van der Waals surface area contributed by atoms with Crippen LogP contribution in [0, 0.1) is 6.92 Å². The van der Waals surface area contributed by atoms with Crippen LogP contribution in [0.25, 0.3) is 5.65 Å². The minimum absolute atomic E-state index is 0.387. The standard InChI is InChI=1S/C15H20N6/c1-10(2)12-8-15(21-14(20-12)5-7-18-21)16-6-4-13-17-9-11(3)19-13/h5,7-10,16H,4,6H2,1-3H3,(H,17,19). The molecule has 6 heteroatoms. The molecule has 0 aromatic carbocycles. The van der Waals surface area contributed by atoms with Crippen molar-refractivity contribution in [2.45, 2.75) is 33.1 Å². The van der Waals surface area contributed by atoms with Crippen LogP contribution >= 0.6 is 0 Å². The molecule has 0 aliphatic heterocycles. The lowest BCUT2D eigenvalue weighted by molar-refractivity contribution is 0.806. The van der Waals surface area contributed by atoms with Crippen LogP contribution in [-0.4, -0.2) is 31.1 Å². The van der Waals surface area contributed by atoms with Gasteiger partial charge in [-0.3, -0.25) is 0 Å². The average Bonchev–Trinajstić information content (AvgIpc) is 3.07. The molecule has 0 aliphatic carbocycles. The summed E-state index contributed by atoms with van der Waals surface area (Å²) in [5.74, 6) is 2.35. The molecule has 3 rings (SSSR count). The van der Waals surface area contributed by atoms with Crippen molar-refractivity contribution in [1.29, 1.82) is 0 Å². The Hall–Kier alpha value is -2.37. The predicted octanol–water partition coefficient (Wildman–Crippen LogP) is 2.54. The van der Waals surface area contributed by atoms with Crippen LogP contribution in [0.2, 0.25) is 0 Å². The maximum absolute atomic E-state index is 4.61. The molecule has 0 radical (unpaired) electrons. The number of aromatic nitrogens is 5. The van der Waals surface area contributed by atoms with Gasteiger partial charge in [-0.15, -0.1) is 0 Å². The van der Waals surface area contributed by atoms with Crippen LogP contribution in [0.15, 0.2) is 24.5 Å². The predicted molar refractivity (Wildman–Crippen MR) is 82.6 cm³/mol. The Morgan fingerprint density at radius 3 is 2.95 bits per heavy atom. The summed E-state index contributed by atoms with van der Waals surface area (Å²) in [6.07, 6.45) is 4.47.